The van der Waals surface area contributed by atoms with Crippen LogP contribution in [-0.2, 0) is 5.41 Å². The summed E-state index contributed by atoms with van der Waals surface area (Å²) in [6.45, 7) is 0.724. The van der Waals surface area contributed by atoms with Crippen LogP contribution in [0.25, 0.3) is 0 Å². The number of hydrogen-bond donors (Lipinski definition) is 1. The third-order valence-electron chi connectivity index (χ3n) is 4.38. The molecule has 0 atom stereocenters. The molecule has 0 aromatic heterocycles. The van der Waals surface area contributed by atoms with Crippen molar-refractivity contribution in [3.8, 4) is 11.5 Å². The number of ether oxygens (including phenoxy) is 1. The molecule has 1 fully saturated rings. The van der Waals surface area contributed by atoms with Crippen molar-refractivity contribution in [1.82, 2.24) is 0 Å². The molecule has 104 valence electrons. The SMILES string of the molecule is NCC1(c2cccc(Oc3ccccc3)c2)CCCC1. The minimum atomic E-state index is 0.163. The largest absolute Gasteiger partial charge is 0.457 e. The highest BCUT2D eigenvalue weighted by atomic mass is 16.5. The average Bonchev–Trinajstić information content (AvgIpc) is 2.99. The fourth-order valence-electron chi connectivity index (χ4n) is 3.18. The van der Waals surface area contributed by atoms with E-state index in [1.165, 1.54) is 31.2 Å². The average molecular weight is 267 g/mol. The molecule has 2 N–H and O–H groups in total. The van der Waals surface area contributed by atoms with E-state index in [-0.39, 0.29) is 5.41 Å². The van der Waals surface area contributed by atoms with Gasteiger partial charge in [-0.15, -0.1) is 0 Å². The molecule has 1 aliphatic carbocycles. The second kappa shape index (κ2) is 5.68. The van der Waals surface area contributed by atoms with Crippen LogP contribution in [0.1, 0.15) is 31.2 Å². The van der Waals surface area contributed by atoms with Gasteiger partial charge < -0.3 is 10.5 Å². The molecule has 0 heterocycles. The first-order valence-electron chi connectivity index (χ1n) is 7.36. The van der Waals surface area contributed by atoms with Crippen LogP contribution in [0.3, 0.4) is 0 Å². The Kier molecular flexibility index (Phi) is 3.75. The van der Waals surface area contributed by atoms with E-state index in [1.807, 2.05) is 36.4 Å². The first kappa shape index (κ1) is 13.2. The van der Waals surface area contributed by atoms with Crippen LogP contribution in [0.5, 0.6) is 11.5 Å². The summed E-state index contributed by atoms with van der Waals surface area (Å²) < 4.78 is 5.93. The number of para-hydroxylation sites is 1. The van der Waals surface area contributed by atoms with E-state index in [4.69, 9.17) is 10.5 Å². The maximum atomic E-state index is 6.06. The molecule has 2 aromatic rings. The molecule has 0 spiro atoms. The van der Waals surface area contributed by atoms with Crippen LogP contribution in [0, 0.1) is 0 Å². The summed E-state index contributed by atoms with van der Waals surface area (Å²) in [6.07, 6.45) is 4.94. The molecule has 1 aliphatic rings. The fourth-order valence-corrected chi connectivity index (χ4v) is 3.18. The topological polar surface area (TPSA) is 35.2 Å². The molecule has 0 unspecified atom stereocenters. The van der Waals surface area contributed by atoms with Crippen LogP contribution in [0.4, 0.5) is 0 Å². The Morgan fingerprint density at radius 3 is 2.30 bits per heavy atom. The van der Waals surface area contributed by atoms with Gasteiger partial charge in [-0.05, 0) is 42.7 Å². The lowest BCUT2D eigenvalue weighted by atomic mass is 9.79. The Hall–Kier alpha value is -1.80. The Labute approximate surface area is 120 Å². The van der Waals surface area contributed by atoms with E-state index in [1.54, 1.807) is 0 Å². The predicted octanol–water partition coefficient (Wildman–Crippen LogP) is 4.25. The zero-order chi connectivity index (χ0) is 13.8. The van der Waals surface area contributed by atoms with E-state index < -0.39 is 0 Å². The molecule has 2 aromatic carbocycles. The van der Waals surface area contributed by atoms with Gasteiger partial charge in [-0.2, -0.15) is 0 Å². The summed E-state index contributed by atoms with van der Waals surface area (Å²) >= 11 is 0. The van der Waals surface area contributed by atoms with Crippen molar-refractivity contribution in [3.05, 3.63) is 60.2 Å². The summed E-state index contributed by atoms with van der Waals surface area (Å²) in [4.78, 5) is 0. The molecule has 1 saturated carbocycles. The fraction of sp³-hybridized carbons (Fsp3) is 0.333. The van der Waals surface area contributed by atoms with Crippen LogP contribution in [-0.4, -0.2) is 6.54 Å². The Balaban J connectivity index is 1.86. The standard InChI is InChI=1S/C18H21NO/c19-14-18(11-4-5-12-18)15-7-6-10-17(13-15)20-16-8-2-1-3-9-16/h1-3,6-10,13H,4-5,11-12,14,19H2. The number of benzene rings is 2. The van der Waals surface area contributed by atoms with Crippen LogP contribution < -0.4 is 10.5 Å². The van der Waals surface area contributed by atoms with E-state index in [2.05, 4.69) is 18.2 Å². The van der Waals surface area contributed by atoms with Gasteiger partial charge in [0.2, 0.25) is 0 Å². The van der Waals surface area contributed by atoms with E-state index in [0.717, 1.165) is 18.0 Å². The summed E-state index contributed by atoms with van der Waals surface area (Å²) in [6, 6.07) is 18.3. The minimum absolute atomic E-state index is 0.163. The number of nitrogens with two attached hydrogens (primary N) is 1. The zero-order valence-electron chi connectivity index (χ0n) is 11.7. The van der Waals surface area contributed by atoms with Gasteiger partial charge in [-0.1, -0.05) is 43.2 Å². The van der Waals surface area contributed by atoms with Gasteiger partial charge in [0, 0.05) is 12.0 Å². The highest BCUT2D eigenvalue weighted by Gasteiger charge is 2.34. The van der Waals surface area contributed by atoms with Gasteiger partial charge in [0.05, 0.1) is 0 Å². The molecule has 0 amide bonds. The molecule has 3 rings (SSSR count). The number of hydrogen-bond acceptors (Lipinski definition) is 2. The predicted molar refractivity (Wildman–Crippen MR) is 82.2 cm³/mol. The van der Waals surface area contributed by atoms with Crippen molar-refractivity contribution >= 4 is 0 Å². The number of rotatable bonds is 4. The lowest BCUT2D eigenvalue weighted by molar-refractivity contribution is 0.444. The molecular weight excluding hydrogens is 246 g/mol. The smallest absolute Gasteiger partial charge is 0.127 e. The van der Waals surface area contributed by atoms with Gasteiger partial charge in [0.1, 0.15) is 11.5 Å². The highest BCUT2D eigenvalue weighted by Crippen LogP contribution is 2.41. The summed E-state index contributed by atoms with van der Waals surface area (Å²) in [5.74, 6) is 1.77. The van der Waals surface area contributed by atoms with Gasteiger partial charge in [-0.3, -0.25) is 0 Å². The van der Waals surface area contributed by atoms with Gasteiger partial charge >= 0.3 is 0 Å². The summed E-state index contributed by atoms with van der Waals surface area (Å²) in [7, 11) is 0. The minimum Gasteiger partial charge on any atom is -0.457 e. The van der Waals surface area contributed by atoms with Crippen molar-refractivity contribution < 1.29 is 4.74 Å². The van der Waals surface area contributed by atoms with Gasteiger partial charge in [0.25, 0.3) is 0 Å². The Bertz CT molecular complexity index is 559. The summed E-state index contributed by atoms with van der Waals surface area (Å²) in [5, 5.41) is 0. The van der Waals surface area contributed by atoms with E-state index in [9.17, 15) is 0 Å². The quantitative estimate of drug-likeness (QED) is 0.898. The summed E-state index contributed by atoms with van der Waals surface area (Å²) in [5.41, 5.74) is 7.55. The molecule has 0 saturated heterocycles. The molecular formula is C18H21NO. The van der Waals surface area contributed by atoms with Crippen molar-refractivity contribution in [2.24, 2.45) is 5.73 Å². The lowest BCUT2D eigenvalue weighted by Gasteiger charge is -2.28. The van der Waals surface area contributed by atoms with Crippen LogP contribution in [0.2, 0.25) is 0 Å². The molecule has 2 nitrogen and oxygen atoms in total. The lowest BCUT2D eigenvalue weighted by Crippen LogP contribution is -2.31. The molecule has 0 bridgehead atoms. The zero-order valence-corrected chi connectivity index (χ0v) is 11.7. The second-order valence-electron chi connectivity index (χ2n) is 5.63. The van der Waals surface area contributed by atoms with Gasteiger partial charge in [-0.25, -0.2) is 0 Å². The molecule has 0 radical (unpaired) electrons. The maximum absolute atomic E-state index is 6.06. The van der Waals surface area contributed by atoms with Gasteiger partial charge in [0.15, 0.2) is 0 Å². The van der Waals surface area contributed by atoms with Crippen LogP contribution >= 0.6 is 0 Å². The monoisotopic (exact) mass is 267 g/mol. The molecule has 20 heavy (non-hydrogen) atoms. The second-order valence-corrected chi connectivity index (χ2v) is 5.63. The first-order chi connectivity index (χ1) is 9.82. The van der Waals surface area contributed by atoms with Crippen molar-refractivity contribution in [2.75, 3.05) is 6.54 Å². The first-order valence-corrected chi connectivity index (χ1v) is 7.36. The van der Waals surface area contributed by atoms with E-state index in [0.29, 0.717) is 0 Å². The van der Waals surface area contributed by atoms with E-state index >= 15 is 0 Å². The Morgan fingerprint density at radius 1 is 0.900 bits per heavy atom. The maximum Gasteiger partial charge on any atom is 0.127 e. The Morgan fingerprint density at radius 2 is 1.60 bits per heavy atom. The van der Waals surface area contributed by atoms with Crippen molar-refractivity contribution in [2.45, 2.75) is 31.1 Å². The molecule has 2 heteroatoms. The highest BCUT2D eigenvalue weighted by molar-refractivity contribution is 5.38. The normalized spacial score (nSPS) is 17.1. The van der Waals surface area contributed by atoms with Crippen molar-refractivity contribution in [1.29, 1.82) is 0 Å². The molecule has 0 aliphatic heterocycles. The third kappa shape index (κ3) is 2.56. The van der Waals surface area contributed by atoms with Crippen molar-refractivity contribution in [3.63, 3.8) is 0 Å². The third-order valence-corrected chi connectivity index (χ3v) is 4.38. The van der Waals surface area contributed by atoms with Crippen LogP contribution in [0.15, 0.2) is 54.6 Å².